The highest BCUT2D eigenvalue weighted by Crippen LogP contribution is 2.43. The summed E-state index contributed by atoms with van der Waals surface area (Å²) in [6.45, 7) is 18.5. The number of anilines is 2. The quantitative estimate of drug-likeness (QED) is 0.0924. The van der Waals surface area contributed by atoms with E-state index in [2.05, 4.69) is 80.8 Å². The Labute approximate surface area is 340 Å². The molecule has 1 aliphatic carbocycles. The van der Waals surface area contributed by atoms with Crippen LogP contribution in [0.25, 0.3) is 33.4 Å². The van der Waals surface area contributed by atoms with Gasteiger partial charge in [-0.3, -0.25) is 0 Å². The molecule has 0 atom stereocenters. The normalized spacial score (nSPS) is 11.5. The van der Waals surface area contributed by atoms with Gasteiger partial charge in [-0.25, -0.2) is 26.6 Å². The van der Waals surface area contributed by atoms with Gasteiger partial charge in [-0.2, -0.15) is 0 Å². The Bertz CT molecular complexity index is 2470. The fourth-order valence-electron chi connectivity index (χ4n) is 6.26. The van der Waals surface area contributed by atoms with Crippen LogP contribution in [0.3, 0.4) is 0 Å². The summed E-state index contributed by atoms with van der Waals surface area (Å²) in [4.78, 5) is 3.24. The Balaban J connectivity index is 0.000000497. The van der Waals surface area contributed by atoms with Gasteiger partial charge in [0.15, 0.2) is 0 Å². The van der Waals surface area contributed by atoms with Crippen LogP contribution in [0.4, 0.5) is 17.1 Å². The molecule has 2 aliphatic rings. The molecule has 0 bridgehead atoms. The SMILES string of the molecule is CC.CCCCC.CCCS(=O)(=O)NC.Cc1cccc(C)c1Nc1ccc2c(-c3ccccc3S(=O)(=O)[O-])c3ccc(=[NH+]c4c(C)cccc4C)cc-3oc2c1. The molecule has 11 heteroatoms. The first-order valence-corrected chi connectivity index (χ1v) is 22.7. The van der Waals surface area contributed by atoms with Gasteiger partial charge in [0.05, 0.1) is 16.7 Å². The summed E-state index contributed by atoms with van der Waals surface area (Å²) >= 11 is 0. The zero-order chi connectivity index (χ0) is 42.3. The number of sulfonamides is 1. The number of rotatable bonds is 10. The minimum atomic E-state index is -4.74. The number of hydrogen-bond donors (Lipinski definition) is 3. The highest BCUT2D eigenvalue weighted by molar-refractivity contribution is 7.89. The second-order valence-corrected chi connectivity index (χ2v) is 16.9. The molecule has 0 aromatic heterocycles. The molecule has 0 unspecified atom stereocenters. The van der Waals surface area contributed by atoms with Gasteiger partial charge in [-0.05, 0) is 76.6 Å². The molecule has 0 saturated carbocycles. The maximum Gasteiger partial charge on any atom is 0.211 e. The van der Waals surface area contributed by atoms with Gasteiger partial charge in [-0.1, -0.05) is 108 Å². The summed E-state index contributed by atoms with van der Waals surface area (Å²) in [5.74, 6) is 0.778. The second-order valence-electron chi connectivity index (χ2n) is 13.5. The molecular formula is C46H59N3O6S2. The number of aryl methyl sites for hydroxylation is 4. The topological polar surface area (TPSA) is 143 Å². The summed E-state index contributed by atoms with van der Waals surface area (Å²) in [5, 5.41) is 5.03. The van der Waals surface area contributed by atoms with Gasteiger partial charge in [0.2, 0.25) is 21.1 Å². The van der Waals surface area contributed by atoms with Crippen molar-refractivity contribution in [1.29, 1.82) is 0 Å². The van der Waals surface area contributed by atoms with Gasteiger partial charge in [0, 0.05) is 56.7 Å². The lowest BCUT2D eigenvalue weighted by atomic mass is 9.93. The molecular weight excluding hydrogens is 755 g/mol. The van der Waals surface area contributed by atoms with Crippen LogP contribution in [0.5, 0.6) is 0 Å². The number of para-hydroxylation sites is 2. The number of unbranched alkanes of at least 4 members (excludes halogenated alkanes) is 2. The Morgan fingerprint density at radius 1 is 0.684 bits per heavy atom. The summed E-state index contributed by atoms with van der Waals surface area (Å²) < 4.78 is 66.7. The van der Waals surface area contributed by atoms with E-state index in [9.17, 15) is 21.4 Å². The second kappa shape index (κ2) is 21.6. The molecule has 1 aliphatic heterocycles. The van der Waals surface area contributed by atoms with Crippen LogP contribution in [-0.4, -0.2) is 34.2 Å². The third kappa shape index (κ3) is 12.6. The highest BCUT2D eigenvalue weighted by Gasteiger charge is 2.22. The Kier molecular flexibility index (Phi) is 17.7. The van der Waals surface area contributed by atoms with Crippen LogP contribution >= 0.6 is 0 Å². The summed E-state index contributed by atoms with van der Waals surface area (Å²) in [6.07, 6.45) is 4.75. The van der Waals surface area contributed by atoms with E-state index in [0.29, 0.717) is 39.8 Å². The van der Waals surface area contributed by atoms with E-state index in [1.807, 2.05) is 69.3 Å². The predicted octanol–water partition coefficient (Wildman–Crippen LogP) is 9.57. The monoisotopic (exact) mass is 813 g/mol. The summed E-state index contributed by atoms with van der Waals surface area (Å²) in [7, 11) is -6.24. The van der Waals surface area contributed by atoms with E-state index in [4.69, 9.17) is 4.42 Å². The molecule has 9 nitrogen and oxygen atoms in total. The smallest absolute Gasteiger partial charge is 0.211 e. The van der Waals surface area contributed by atoms with Crippen LogP contribution in [0, 0.1) is 27.7 Å². The highest BCUT2D eigenvalue weighted by atomic mass is 32.2. The fourth-order valence-corrected chi connectivity index (χ4v) is 7.69. The molecule has 57 heavy (non-hydrogen) atoms. The van der Waals surface area contributed by atoms with Crippen LogP contribution in [0.2, 0.25) is 0 Å². The zero-order valence-electron chi connectivity index (χ0n) is 35.0. The van der Waals surface area contributed by atoms with Gasteiger partial charge in [-0.15, -0.1) is 0 Å². The first-order chi connectivity index (χ1) is 27.1. The van der Waals surface area contributed by atoms with Crippen LogP contribution in [0.15, 0.2) is 106 Å². The molecule has 0 radical (unpaired) electrons. The molecule has 3 N–H and O–H groups in total. The minimum absolute atomic E-state index is 0.226. The van der Waals surface area contributed by atoms with Crippen molar-refractivity contribution in [3.8, 4) is 22.5 Å². The molecule has 0 saturated heterocycles. The van der Waals surface area contributed by atoms with Crippen molar-refractivity contribution in [3.05, 3.63) is 125 Å². The first-order valence-electron chi connectivity index (χ1n) is 19.6. The van der Waals surface area contributed by atoms with Gasteiger partial charge in [0.1, 0.15) is 21.5 Å². The van der Waals surface area contributed by atoms with Gasteiger partial charge in [0.25, 0.3) is 0 Å². The lowest BCUT2D eigenvalue weighted by molar-refractivity contribution is -0.403. The van der Waals surface area contributed by atoms with E-state index in [1.54, 1.807) is 18.2 Å². The van der Waals surface area contributed by atoms with Crippen molar-refractivity contribution >= 4 is 48.2 Å². The molecule has 4 aromatic rings. The van der Waals surface area contributed by atoms with E-state index >= 15 is 0 Å². The maximum atomic E-state index is 12.3. The Hall–Kier alpha value is -4.81. The summed E-state index contributed by atoms with van der Waals surface area (Å²) in [5.41, 5.74) is 9.52. The largest absolute Gasteiger partial charge is 0.744 e. The van der Waals surface area contributed by atoms with Crippen LogP contribution in [-0.2, 0) is 20.1 Å². The third-order valence-corrected chi connectivity index (χ3v) is 11.6. The maximum absolute atomic E-state index is 12.3. The minimum Gasteiger partial charge on any atom is -0.744 e. The lowest BCUT2D eigenvalue weighted by Crippen LogP contribution is -2.71. The number of nitrogens with one attached hydrogen (secondary N) is 3. The molecule has 306 valence electrons. The van der Waals surface area contributed by atoms with Crippen LogP contribution in [0.1, 0.15) is 82.6 Å². The number of fused-ring (bicyclic) bond motifs is 2. The fraction of sp³-hybridized carbons (Fsp3) is 0.326. The van der Waals surface area contributed by atoms with Crippen molar-refractivity contribution in [3.63, 3.8) is 0 Å². The molecule has 0 fully saturated rings. The van der Waals surface area contributed by atoms with Crippen molar-refractivity contribution in [2.24, 2.45) is 0 Å². The van der Waals surface area contributed by atoms with E-state index in [1.165, 1.54) is 32.4 Å². The molecule has 4 aromatic carbocycles. The predicted molar refractivity (Wildman–Crippen MR) is 235 cm³/mol. The van der Waals surface area contributed by atoms with Crippen molar-refractivity contribution in [1.82, 2.24) is 4.72 Å². The van der Waals surface area contributed by atoms with Gasteiger partial charge < -0.3 is 14.3 Å². The van der Waals surface area contributed by atoms with E-state index in [-0.39, 0.29) is 10.6 Å². The Morgan fingerprint density at radius 3 is 1.81 bits per heavy atom. The average Bonchev–Trinajstić information content (AvgIpc) is 3.18. The summed E-state index contributed by atoms with van der Waals surface area (Å²) in [6, 6.07) is 30.1. The molecule has 1 heterocycles. The van der Waals surface area contributed by atoms with Crippen molar-refractivity contribution in [2.45, 2.75) is 92.9 Å². The van der Waals surface area contributed by atoms with Crippen molar-refractivity contribution < 1.29 is 30.8 Å². The standard InChI is InChI=1S/C35H30N2O4S.C5H12.C4H11NO2S.C2H6/c1-21-9-7-10-22(2)34(21)36-25-15-17-27-30(19-25)41-31-20-26(37-35-23(3)11-8-12-24(35)4)16-18-28(31)33(27)29-13-5-6-14-32(29)42(38,39)40;1-3-5-4-2;1-3-4-8(6,7)5-2;1-2/h5-20,36H,1-4H3,(H,38,39,40);3-5H2,1-2H3;5H,3-4H2,1-2H3;1-2H3. The van der Waals surface area contributed by atoms with Crippen LogP contribution < -0.4 is 20.4 Å². The molecule has 6 rings (SSSR count). The van der Waals surface area contributed by atoms with E-state index < -0.39 is 20.1 Å². The Morgan fingerprint density at radius 2 is 1.28 bits per heavy atom. The third-order valence-electron chi connectivity index (χ3n) is 9.14. The average molecular weight is 814 g/mol. The van der Waals surface area contributed by atoms with E-state index in [0.717, 1.165) is 44.7 Å². The van der Waals surface area contributed by atoms with Gasteiger partial charge >= 0.3 is 0 Å². The lowest BCUT2D eigenvalue weighted by Gasteiger charge is -2.19. The number of hydrogen-bond acceptors (Lipinski definition) is 7. The first kappa shape index (κ1) is 46.6. The zero-order valence-corrected chi connectivity index (χ0v) is 36.7. The molecule has 0 amide bonds. The number of benzene rings is 5. The molecule has 0 spiro atoms. The van der Waals surface area contributed by atoms with Crippen molar-refractivity contribution in [2.75, 3.05) is 18.1 Å².